The lowest BCUT2D eigenvalue weighted by Gasteiger charge is -2.37. The molecular formula is C17H26BrN. The van der Waals surface area contributed by atoms with Crippen molar-refractivity contribution >= 4 is 15.9 Å². The predicted molar refractivity (Wildman–Crippen MR) is 86.4 cm³/mol. The molecule has 1 N–H and O–H groups in total. The standard InChI is InChI=1S/C17H26BrN/c1-12-5-4-6-13(2)17(12)19-14(3)11-15-7-9-16(18)10-8-15/h7-10,12-14,17,19H,4-6,11H2,1-3H3. The second kappa shape index (κ2) is 6.90. The van der Waals surface area contributed by atoms with E-state index in [1.165, 1.54) is 24.8 Å². The average Bonchev–Trinajstić information content (AvgIpc) is 2.37. The lowest BCUT2D eigenvalue weighted by atomic mass is 9.78. The minimum absolute atomic E-state index is 0.550. The molecule has 19 heavy (non-hydrogen) atoms. The van der Waals surface area contributed by atoms with Crippen LogP contribution in [0, 0.1) is 11.8 Å². The van der Waals surface area contributed by atoms with Gasteiger partial charge >= 0.3 is 0 Å². The summed E-state index contributed by atoms with van der Waals surface area (Å²) in [5.41, 5.74) is 1.42. The first kappa shape index (κ1) is 15.1. The van der Waals surface area contributed by atoms with Crippen LogP contribution in [0.5, 0.6) is 0 Å². The van der Waals surface area contributed by atoms with Gasteiger partial charge in [-0.05, 0) is 55.7 Å². The van der Waals surface area contributed by atoms with Gasteiger partial charge in [0.15, 0.2) is 0 Å². The first-order valence-corrected chi connectivity index (χ1v) is 8.36. The van der Waals surface area contributed by atoms with Crippen LogP contribution in [-0.4, -0.2) is 12.1 Å². The van der Waals surface area contributed by atoms with E-state index in [-0.39, 0.29) is 0 Å². The van der Waals surface area contributed by atoms with Gasteiger partial charge in [0.25, 0.3) is 0 Å². The molecule has 0 bridgehead atoms. The summed E-state index contributed by atoms with van der Waals surface area (Å²) in [6, 6.07) is 9.95. The highest BCUT2D eigenvalue weighted by Crippen LogP contribution is 2.29. The fourth-order valence-corrected chi connectivity index (χ4v) is 3.64. The molecule has 106 valence electrons. The molecular weight excluding hydrogens is 298 g/mol. The number of halogens is 1. The van der Waals surface area contributed by atoms with Gasteiger partial charge in [0.2, 0.25) is 0 Å². The zero-order valence-corrected chi connectivity index (χ0v) is 13.9. The third-order valence-corrected chi connectivity index (χ3v) is 5.01. The van der Waals surface area contributed by atoms with Crippen LogP contribution in [0.3, 0.4) is 0 Å². The number of nitrogens with one attached hydrogen (secondary N) is 1. The van der Waals surface area contributed by atoms with Gasteiger partial charge in [-0.15, -0.1) is 0 Å². The predicted octanol–water partition coefficient (Wildman–Crippen LogP) is 4.79. The third kappa shape index (κ3) is 4.32. The van der Waals surface area contributed by atoms with Gasteiger partial charge in [-0.25, -0.2) is 0 Å². The molecule has 1 aromatic rings. The summed E-state index contributed by atoms with van der Waals surface area (Å²) in [6.07, 6.45) is 5.28. The molecule has 0 amide bonds. The normalized spacial score (nSPS) is 29.2. The Kier molecular flexibility index (Phi) is 5.47. The molecule has 1 saturated carbocycles. The number of hydrogen-bond donors (Lipinski definition) is 1. The molecule has 3 unspecified atom stereocenters. The van der Waals surface area contributed by atoms with Gasteiger partial charge in [-0.1, -0.05) is 48.3 Å². The van der Waals surface area contributed by atoms with Crippen LogP contribution >= 0.6 is 15.9 Å². The van der Waals surface area contributed by atoms with Crippen LogP contribution in [-0.2, 0) is 6.42 Å². The molecule has 3 atom stereocenters. The van der Waals surface area contributed by atoms with Crippen molar-refractivity contribution in [1.82, 2.24) is 5.32 Å². The van der Waals surface area contributed by atoms with E-state index in [1.807, 2.05) is 0 Å². The molecule has 0 aromatic heterocycles. The van der Waals surface area contributed by atoms with Crippen molar-refractivity contribution in [2.24, 2.45) is 11.8 Å². The maximum atomic E-state index is 3.87. The molecule has 0 spiro atoms. The average molecular weight is 324 g/mol. The Hall–Kier alpha value is -0.340. The summed E-state index contributed by atoms with van der Waals surface area (Å²) in [6.45, 7) is 7.12. The molecule has 2 heteroatoms. The zero-order chi connectivity index (χ0) is 13.8. The lowest BCUT2D eigenvalue weighted by molar-refractivity contribution is 0.195. The van der Waals surface area contributed by atoms with Gasteiger partial charge in [-0.3, -0.25) is 0 Å². The topological polar surface area (TPSA) is 12.0 Å². The molecule has 1 nitrogen and oxygen atoms in total. The number of hydrogen-bond acceptors (Lipinski definition) is 1. The van der Waals surface area contributed by atoms with Crippen molar-refractivity contribution in [3.63, 3.8) is 0 Å². The van der Waals surface area contributed by atoms with Crippen LogP contribution in [0.4, 0.5) is 0 Å². The first-order valence-electron chi connectivity index (χ1n) is 7.56. The minimum atomic E-state index is 0.550. The highest BCUT2D eigenvalue weighted by atomic mass is 79.9. The lowest BCUT2D eigenvalue weighted by Crippen LogP contribution is -2.47. The molecule has 1 aromatic carbocycles. The molecule has 0 aliphatic heterocycles. The number of benzene rings is 1. The smallest absolute Gasteiger partial charge is 0.0175 e. The molecule has 0 heterocycles. The van der Waals surface area contributed by atoms with Gasteiger partial charge in [0.1, 0.15) is 0 Å². The van der Waals surface area contributed by atoms with E-state index in [4.69, 9.17) is 0 Å². The van der Waals surface area contributed by atoms with E-state index in [2.05, 4.69) is 66.3 Å². The Labute approximate surface area is 126 Å². The van der Waals surface area contributed by atoms with Crippen LogP contribution in [0.1, 0.15) is 45.6 Å². The van der Waals surface area contributed by atoms with Gasteiger partial charge in [0.05, 0.1) is 0 Å². The van der Waals surface area contributed by atoms with Crippen LogP contribution < -0.4 is 5.32 Å². The van der Waals surface area contributed by atoms with E-state index < -0.39 is 0 Å². The zero-order valence-electron chi connectivity index (χ0n) is 12.3. The van der Waals surface area contributed by atoms with E-state index in [0.717, 1.165) is 22.7 Å². The van der Waals surface area contributed by atoms with E-state index in [0.29, 0.717) is 12.1 Å². The molecule has 1 aliphatic carbocycles. The first-order chi connectivity index (χ1) is 9.06. The van der Waals surface area contributed by atoms with Crippen LogP contribution in [0.25, 0.3) is 0 Å². The van der Waals surface area contributed by atoms with Crippen molar-refractivity contribution in [3.05, 3.63) is 34.3 Å². The SMILES string of the molecule is CC(Cc1ccc(Br)cc1)NC1C(C)CCCC1C. The van der Waals surface area contributed by atoms with Crippen LogP contribution in [0.2, 0.25) is 0 Å². The summed E-state index contributed by atoms with van der Waals surface area (Å²) < 4.78 is 1.16. The monoisotopic (exact) mass is 323 g/mol. The van der Waals surface area contributed by atoms with Gasteiger partial charge in [0, 0.05) is 16.6 Å². The highest BCUT2D eigenvalue weighted by Gasteiger charge is 2.28. The van der Waals surface area contributed by atoms with Crippen molar-refractivity contribution in [1.29, 1.82) is 0 Å². The Morgan fingerprint density at radius 2 is 1.74 bits per heavy atom. The van der Waals surface area contributed by atoms with Gasteiger partial charge < -0.3 is 5.32 Å². The largest absolute Gasteiger partial charge is 0.311 e. The maximum absolute atomic E-state index is 3.87. The highest BCUT2D eigenvalue weighted by molar-refractivity contribution is 9.10. The molecule has 2 rings (SSSR count). The Bertz CT molecular complexity index is 377. The van der Waals surface area contributed by atoms with Crippen molar-refractivity contribution < 1.29 is 0 Å². The Morgan fingerprint density at radius 1 is 1.16 bits per heavy atom. The van der Waals surface area contributed by atoms with E-state index in [9.17, 15) is 0 Å². The summed E-state index contributed by atoms with van der Waals surface area (Å²) >= 11 is 3.49. The summed E-state index contributed by atoms with van der Waals surface area (Å²) in [4.78, 5) is 0. The number of rotatable bonds is 4. The van der Waals surface area contributed by atoms with E-state index >= 15 is 0 Å². The summed E-state index contributed by atoms with van der Waals surface area (Å²) in [5.74, 6) is 1.63. The summed E-state index contributed by atoms with van der Waals surface area (Å²) in [7, 11) is 0. The molecule has 1 fully saturated rings. The second-order valence-electron chi connectivity index (χ2n) is 6.31. The van der Waals surface area contributed by atoms with Crippen molar-refractivity contribution in [3.8, 4) is 0 Å². The molecule has 1 aliphatic rings. The van der Waals surface area contributed by atoms with Gasteiger partial charge in [-0.2, -0.15) is 0 Å². The Morgan fingerprint density at radius 3 is 2.32 bits per heavy atom. The molecule has 0 radical (unpaired) electrons. The third-order valence-electron chi connectivity index (χ3n) is 4.48. The molecule has 0 saturated heterocycles. The van der Waals surface area contributed by atoms with Crippen LogP contribution in [0.15, 0.2) is 28.7 Å². The second-order valence-corrected chi connectivity index (χ2v) is 7.23. The summed E-state index contributed by atoms with van der Waals surface area (Å²) in [5, 5.41) is 3.87. The Balaban J connectivity index is 1.89. The van der Waals surface area contributed by atoms with Crippen molar-refractivity contribution in [2.45, 2.75) is 58.5 Å². The fraction of sp³-hybridized carbons (Fsp3) is 0.647. The fourth-order valence-electron chi connectivity index (χ4n) is 3.37. The quantitative estimate of drug-likeness (QED) is 0.839. The maximum Gasteiger partial charge on any atom is 0.0175 e. The van der Waals surface area contributed by atoms with Crippen molar-refractivity contribution in [2.75, 3.05) is 0 Å². The van der Waals surface area contributed by atoms with E-state index in [1.54, 1.807) is 0 Å². The minimum Gasteiger partial charge on any atom is -0.311 e.